The van der Waals surface area contributed by atoms with Gasteiger partial charge in [-0.05, 0) is 53.5 Å². The molecule has 6 nitrogen and oxygen atoms in total. The smallest absolute Gasteiger partial charge is 0.238 e. The van der Waals surface area contributed by atoms with E-state index in [4.69, 9.17) is 27.9 Å². The molecule has 238 valence electrons. The van der Waals surface area contributed by atoms with Crippen molar-refractivity contribution in [1.29, 1.82) is 0 Å². The molecule has 0 unspecified atom stereocenters. The van der Waals surface area contributed by atoms with Crippen LogP contribution in [0.3, 0.4) is 0 Å². The molecule has 0 N–H and O–H groups in total. The Morgan fingerprint density at radius 1 is 0.471 bits per heavy atom. The van der Waals surface area contributed by atoms with Crippen molar-refractivity contribution < 1.29 is 17.1 Å². The Balaban J connectivity index is 1.23. The van der Waals surface area contributed by atoms with E-state index in [0.29, 0.717) is 22.5 Å². The Morgan fingerprint density at radius 3 is 2.04 bits per heavy atom. The molecule has 0 aliphatic rings. The van der Waals surface area contributed by atoms with Crippen molar-refractivity contribution in [3.63, 3.8) is 0 Å². The van der Waals surface area contributed by atoms with E-state index < -0.39 is 0 Å². The molecule has 0 saturated heterocycles. The number of benzene rings is 7. The number of furan rings is 2. The van der Waals surface area contributed by atoms with Gasteiger partial charge in [0.2, 0.25) is 5.95 Å². The van der Waals surface area contributed by atoms with Crippen molar-refractivity contribution in [2.75, 3.05) is 0 Å². The van der Waals surface area contributed by atoms with Crippen molar-refractivity contribution in [2.45, 2.75) is 0 Å². The summed E-state index contributed by atoms with van der Waals surface area (Å²) in [5.74, 6) is 0.504. The average molecular weight is 661 g/mol. The molecule has 0 atom stereocenters. The van der Waals surface area contributed by atoms with Gasteiger partial charge in [-0.25, -0.2) is 4.98 Å². The third-order valence-corrected chi connectivity index (χ3v) is 9.39. The van der Waals surface area contributed by atoms with Crippen molar-refractivity contribution in [3.8, 4) is 39.9 Å². The summed E-state index contributed by atoms with van der Waals surface area (Å²) in [6.07, 6.45) is 0. The molecule has 7 aromatic carbocycles. The number of hydrogen-bond acceptors (Lipinski definition) is 5. The Labute approximate surface area is 299 Å². The summed E-state index contributed by atoms with van der Waals surface area (Å²) < 4.78 is 69.3. The van der Waals surface area contributed by atoms with Crippen LogP contribution in [0.25, 0.3) is 106 Å². The third-order valence-electron chi connectivity index (χ3n) is 9.39. The molecular formula is C45H26N4O2. The number of nitrogens with zero attached hydrogens (tertiary/aromatic N) is 4. The molecule has 0 saturated carbocycles. The monoisotopic (exact) mass is 660 g/mol. The van der Waals surface area contributed by atoms with Crippen LogP contribution in [0.5, 0.6) is 0 Å². The Bertz CT molecular complexity index is 3490. The molecule has 0 amide bonds. The summed E-state index contributed by atoms with van der Waals surface area (Å²) in [5, 5.41) is 4.13. The van der Waals surface area contributed by atoms with Crippen molar-refractivity contribution in [2.24, 2.45) is 0 Å². The van der Waals surface area contributed by atoms with E-state index in [1.54, 1.807) is 24.3 Å². The molecule has 0 fully saturated rings. The Kier molecular flexibility index (Phi) is 4.74. The van der Waals surface area contributed by atoms with Gasteiger partial charge >= 0.3 is 0 Å². The second-order valence-corrected chi connectivity index (χ2v) is 12.3. The van der Waals surface area contributed by atoms with E-state index in [9.17, 15) is 4.11 Å². The van der Waals surface area contributed by atoms with Crippen molar-refractivity contribution >= 4 is 65.7 Å². The van der Waals surface area contributed by atoms with Crippen molar-refractivity contribution in [3.05, 3.63) is 158 Å². The van der Waals surface area contributed by atoms with Gasteiger partial charge in [-0.2, -0.15) is 9.97 Å². The fraction of sp³-hybridized carbons (Fsp3) is 0. The minimum absolute atomic E-state index is 0.0165. The van der Waals surface area contributed by atoms with Gasteiger partial charge in [-0.3, -0.25) is 4.57 Å². The van der Waals surface area contributed by atoms with E-state index in [-0.39, 0.29) is 75.5 Å². The first-order chi connectivity index (χ1) is 27.8. The summed E-state index contributed by atoms with van der Waals surface area (Å²) in [4.78, 5) is 14.8. The predicted octanol–water partition coefficient (Wildman–Crippen LogP) is 11.8. The van der Waals surface area contributed by atoms with Crippen LogP contribution in [0, 0.1) is 0 Å². The maximum absolute atomic E-state index is 9.55. The highest BCUT2D eigenvalue weighted by Crippen LogP contribution is 2.41. The van der Waals surface area contributed by atoms with Gasteiger partial charge < -0.3 is 8.83 Å². The summed E-state index contributed by atoms with van der Waals surface area (Å²) in [5.41, 5.74) is 4.48. The topological polar surface area (TPSA) is 69.9 Å². The van der Waals surface area contributed by atoms with E-state index in [1.165, 1.54) is 0 Å². The van der Waals surface area contributed by atoms with Crippen LogP contribution in [0.15, 0.2) is 166 Å². The molecule has 11 aromatic rings. The normalized spacial score (nSPS) is 13.6. The highest BCUT2D eigenvalue weighted by Gasteiger charge is 2.22. The fourth-order valence-corrected chi connectivity index (χ4v) is 7.12. The first kappa shape index (κ1) is 22.6. The lowest BCUT2D eigenvalue weighted by atomic mass is 9.99. The predicted molar refractivity (Wildman–Crippen MR) is 205 cm³/mol. The first-order valence-corrected chi connectivity index (χ1v) is 16.5. The van der Waals surface area contributed by atoms with Crippen LogP contribution in [0.2, 0.25) is 0 Å². The van der Waals surface area contributed by atoms with E-state index in [0.717, 1.165) is 43.7 Å². The maximum Gasteiger partial charge on any atom is 0.238 e. The number of fused-ring (bicyclic) bond motifs is 10. The number of aromatic nitrogens is 4. The summed E-state index contributed by atoms with van der Waals surface area (Å²) >= 11 is 0. The lowest BCUT2D eigenvalue weighted by Crippen LogP contribution is -2.06. The molecule has 4 aromatic heterocycles. The van der Waals surface area contributed by atoms with E-state index >= 15 is 0 Å². The Hall–Kier alpha value is -7.05. The van der Waals surface area contributed by atoms with Gasteiger partial charge in [0.05, 0.1) is 24.6 Å². The number of rotatable bonds is 4. The zero-order valence-electron chi connectivity index (χ0n) is 32.7. The quantitative estimate of drug-likeness (QED) is 0.188. The first-order valence-electron chi connectivity index (χ1n) is 19.5. The third kappa shape index (κ3) is 4.20. The maximum atomic E-state index is 9.55. The van der Waals surface area contributed by atoms with Gasteiger partial charge in [-0.15, -0.1) is 0 Å². The van der Waals surface area contributed by atoms with Crippen LogP contribution >= 0.6 is 0 Å². The molecule has 51 heavy (non-hydrogen) atoms. The zero-order valence-corrected chi connectivity index (χ0v) is 26.7. The van der Waals surface area contributed by atoms with E-state index in [1.807, 2.05) is 102 Å². The minimum Gasteiger partial charge on any atom is -0.456 e. The van der Waals surface area contributed by atoms with Crippen LogP contribution in [-0.2, 0) is 0 Å². The molecule has 6 heteroatoms. The van der Waals surface area contributed by atoms with Gasteiger partial charge in [-0.1, -0.05) is 115 Å². The molecule has 0 radical (unpaired) electrons. The second-order valence-electron chi connectivity index (χ2n) is 12.3. The molecule has 0 spiro atoms. The molecule has 0 aliphatic heterocycles. The molecule has 0 aliphatic carbocycles. The minimum atomic E-state index is -0.342. The number of hydrogen-bond donors (Lipinski definition) is 0. The van der Waals surface area contributed by atoms with Crippen LogP contribution in [-0.4, -0.2) is 19.5 Å². The highest BCUT2D eigenvalue weighted by molar-refractivity contribution is 6.23. The fourth-order valence-electron chi connectivity index (χ4n) is 7.12. The van der Waals surface area contributed by atoms with Gasteiger partial charge in [0, 0.05) is 38.1 Å². The van der Waals surface area contributed by atoms with Crippen LogP contribution < -0.4 is 0 Å². The summed E-state index contributed by atoms with van der Waals surface area (Å²) in [6.45, 7) is 0. The largest absolute Gasteiger partial charge is 0.456 e. The zero-order chi connectivity index (χ0) is 38.7. The second kappa shape index (κ2) is 10.7. The van der Waals surface area contributed by atoms with Gasteiger partial charge in [0.1, 0.15) is 22.3 Å². The summed E-state index contributed by atoms with van der Waals surface area (Å²) in [6, 6.07) is 36.5. The molecule has 11 rings (SSSR count). The highest BCUT2D eigenvalue weighted by atomic mass is 16.3. The number of para-hydroxylation sites is 2. The van der Waals surface area contributed by atoms with Crippen molar-refractivity contribution in [1.82, 2.24) is 19.5 Å². The van der Waals surface area contributed by atoms with Crippen LogP contribution in [0.1, 0.15) is 8.22 Å². The Morgan fingerprint density at radius 2 is 1.20 bits per heavy atom. The average Bonchev–Trinajstić information content (AvgIpc) is 3.93. The standard InChI is InChI=1S/C45H26N4O2/c1-3-12-27(13-4-1)30-18-11-21-38-40(30)34-23-22-29(26-39(34)50-38)44-46-43(28-14-5-2-6-15-28)47-45(48-44)49-35-19-9-7-17-33(35)41-36(49)25-24-32-31-16-8-10-20-37(31)51-42(32)41/h1-26H/i11D,18D,21D,22D,23D,26D. The molecule has 4 heterocycles. The lowest BCUT2D eigenvalue weighted by molar-refractivity contribution is 0.669. The van der Waals surface area contributed by atoms with Gasteiger partial charge in [0.15, 0.2) is 11.6 Å². The molecule has 0 bridgehead atoms. The van der Waals surface area contributed by atoms with Gasteiger partial charge in [0.25, 0.3) is 0 Å². The SMILES string of the molecule is [2H]c1c([2H])c(-c2ccccc2)c2c(oc3c([2H])c(-c4nc(-c5ccccc5)nc(-n5c6ccccc6c6c7oc8ccccc8c7ccc65)n4)c([2H])c([2H])c32)c1[2H]. The summed E-state index contributed by atoms with van der Waals surface area (Å²) in [7, 11) is 0. The lowest BCUT2D eigenvalue weighted by Gasteiger charge is -2.11. The van der Waals surface area contributed by atoms with E-state index in [2.05, 4.69) is 0 Å². The van der Waals surface area contributed by atoms with Crippen LogP contribution in [0.4, 0.5) is 0 Å². The molecular weight excluding hydrogens is 629 g/mol.